The van der Waals surface area contributed by atoms with Gasteiger partial charge in [0.25, 0.3) is 0 Å². The summed E-state index contributed by atoms with van der Waals surface area (Å²) in [5.74, 6) is 3.04. The molecular weight excluding hydrogens is 455 g/mol. The van der Waals surface area contributed by atoms with Crippen molar-refractivity contribution < 1.29 is 4.74 Å². The standard InChI is InChI=1S/C19H34N6O.HI/c1-19(2,3)16-15(6-5-11-26-16)12-21-18(20-4)25-9-7-14(8-10-25)17-22-13-23-24-17;/h13-16H,5-12H2,1-4H3,(H,20,21)(H,22,23,24);1H. The Morgan fingerprint density at radius 1 is 1.33 bits per heavy atom. The Kier molecular flexibility index (Phi) is 8.33. The molecule has 3 rings (SSSR count). The zero-order valence-corrected chi connectivity index (χ0v) is 19.4. The van der Waals surface area contributed by atoms with Crippen molar-refractivity contribution in [2.75, 3.05) is 33.3 Å². The van der Waals surface area contributed by atoms with Crippen LogP contribution in [0.25, 0.3) is 0 Å². The third-order valence-electron chi connectivity index (χ3n) is 5.65. The summed E-state index contributed by atoms with van der Waals surface area (Å²) < 4.78 is 6.11. The summed E-state index contributed by atoms with van der Waals surface area (Å²) >= 11 is 0. The summed E-state index contributed by atoms with van der Waals surface area (Å²) in [6, 6.07) is 0. The fourth-order valence-electron chi connectivity index (χ4n) is 4.34. The Morgan fingerprint density at radius 2 is 2.07 bits per heavy atom. The molecule has 2 N–H and O–H groups in total. The number of aliphatic imine (C=N–C) groups is 1. The summed E-state index contributed by atoms with van der Waals surface area (Å²) in [6.07, 6.45) is 6.43. The first-order valence-corrected chi connectivity index (χ1v) is 9.91. The van der Waals surface area contributed by atoms with Gasteiger partial charge in [-0.2, -0.15) is 5.10 Å². The summed E-state index contributed by atoms with van der Waals surface area (Å²) in [4.78, 5) is 11.2. The monoisotopic (exact) mass is 490 g/mol. The number of nitrogens with one attached hydrogen (secondary N) is 2. The molecule has 1 aromatic rings. The number of piperidine rings is 1. The highest BCUT2D eigenvalue weighted by atomic mass is 127. The van der Waals surface area contributed by atoms with E-state index in [9.17, 15) is 0 Å². The minimum absolute atomic E-state index is 0. The summed E-state index contributed by atoms with van der Waals surface area (Å²) in [6.45, 7) is 10.6. The average Bonchev–Trinajstić information content (AvgIpc) is 3.17. The second-order valence-electron chi connectivity index (χ2n) is 8.62. The second-order valence-corrected chi connectivity index (χ2v) is 8.62. The van der Waals surface area contributed by atoms with Gasteiger partial charge in [0.05, 0.1) is 6.10 Å². The Balaban J connectivity index is 0.00000261. The van der Waals surface area contributed by atoms with E-state index in [1.807, 2.05) is 7.05 Å². The van der Waals surface area contributed by atoms with Crippen LogP contribution in [0, 0.1) is 11.3 Å². The highest BCUT2D eigenvalue weighted by molar-refractivity contribution is 14.0. The molecule has 2 aliphatic heterocycles. The molecule has 0 amide bonds. The van der Waals surface area contributed by atoms with E-state index < -0.39 is 0 Å². The van der Waals surface area contributed by atoms with Crippen LogP contribution >= 0.6 is 24.0 Å². The van der Waals surface area contributed by atoms with E-state index in [4.69, 9.17) is 4.74 Å². The number of hydrogen-bond donors (Lipinski definition) is 2. The number of likely N-dealkylation sites (tertiary alicyclic amines) is 1. The van der Waals surface area contributed by atoms with E-state index in [2.05, 4.69) is 51.2 Å². The molecule has 0 bridgehead atoms. The van der Waals surface area contributed by atoms with Gasteiger partial charge in [-0.1, -0.05) is 20.8 Å². The first-order valence-electron chi connectivity index (χ1n) is 9.91. The Hall–Kier alpha value is -0.900. The molecule has 2 unspecified atom stereocenters. The third-order valence-corrected chi connectivity index (χ3v) is 5.65. The maximum atomic E-state index is 6.11. The largest absolute Gasteiger partial charge is 0.377 e. The van der Waals surface area contributed by atoms with Gasteiger partial charge < -0.3 is 15.0 Å². The lowest BCUT2D eigenvalue weighted by Crippen LogP contribution is -2.50. The molecule has 1 aromatic heterocycles. The van der Waals surface area contributed by atoms with Crippen molar-refractivity contribution in [2.24, 2.45) is 16.3 Å². The molecule has 8 heteroatoms. The molecule has 0 aliphatic carbocycles. The molecule has 2 atom stereocenters. The highest BCUT2D eigenvalue weighted by Gasteiger charge is 2.35. The van der Waals surface area contributed by atoms with Crippen LogP contribution in [0.2, 0.25) is 0 Å². The zero-order valence-electron chi connectivity index (χ0n) is 17.1. The summed E-state index contributed by atoms with van der Waals surface area (Å²) in [5.41, 5.74) is 0.172. The predicted molar refractivity (Wildman–Crippen MR) is 119 cm³/mol. The van der Waals surface area contributed by atoms with Gasteiger partial charge in [0.15, 0.2) is 5.96 Å². The van der Waals surface area contributed by atoms with Crippen LogP contribution in [0.15, 0.2) is 11.3 Å². The molecule has 0 saturated carbocycles. The molecule has 7 nitrogen and oxygen atoms in total. The normalized spacial score (nSPS) is 25.2. The Bertz CT molecular complexity index is 578. The van der Waals surface area contributed by atoms with E-state index in [1.54, 1.807) is 6.33 Å². The Labute approximate surface area is 180 Å². The molecule has 3 heterocycles. The number of nitrogens with zero attached hydrogens (tertiary/aromatic N) is 4. The molecule has 0 aromatic carbocycles. The molecule has 0 spiro atoms. The number of hydrogen-bond acceptors (Lipinski definition) is 4. The van der Waals surface area contributed by atoms with Crippen LogP contribution in [-0.2, 0) is 4.74 Å². The van der Waals surface area contributed by atoms with Crippen molar-refractivity contribution in [3.05, 3.63) is 12.2 Å². The van der Waals surface area contributed by atoms with Crippen LogP contribution in [0.3, 0.4) is 0 Å². The molecular formula is C19H35IN6O. The van der Waals surface area contributed by atoms with Crippen LogP contribution in [0.1, 0.15) is 58.2 Å². The van der Waals surface area contributed by atoms with Gasteiger partial charge in [-0.3, -0.25) is 10.1 Å². The Morgan fingerprint density at radius 3 is 2.67 bits per heavy atom. The van der Waals surface area contributed by atoms with Crippen molar-refractivity contribution in [2.45, 2.75) is 58.5 Å². The van der Waals surface area contributed by atoms with Crippen molar-refractivity contribution in [3.8, 4) is 0 Å². The second kappa shape index (κ2) is 10.0. The van der Waals surface area contributed by atoms with Crippen molar-refractivity contribution in [1.82, 2.24) is 25.4 Å². The van der Waals surface area contributed by atoms with Gasteiger partial charge in [0.1, 0.15) is 12.2 Å². The van der Waals surface area contributed by atoms with Crippen molar-refractivity contribution >= 4 is 29.9 Å². The van der Waals surface area contributed by atoms with E-state index >= 15 is 0 Å². The van der Waals surface area contributed by atoms with Gasteiger partial charge in [0.2, 0.25) is 0 Å². The lowest BCUT2D eigenvalue weighted by molar-refractivity contribution is -0.0836. The van der Waals surface area contributed by atoms with Crippen molar-refractivity contribution in [3.63, 3.8) is 0 Å². The number of aromatic amines is 1. The number of rotatable bonds is 3. The van der Waals surface area contributed by atoms with E-state index in [0.717, 1.165) is 57.3 Å². The molecule has 0 radical (unpaired) electrons. The minimum Gasteiger partial charge on any atom is -0.377 e. The number of H-pyrrole nitrogens is 1. The fourth-order valence-corrected chi connectivity index (χ4v) is 4.34. The van der Waals surface area contributed by atoms with E-state index in [-0.39, 0.29) is 29.4 Å². The highest BCUT2D eigenvalue weighted by Crippen LogP contribution is 2.33. The van der Waals surface area contributed by atoms with Gasteiger partial charge in [-0.25, -0.2) is 4.98 Å². The molecule has 2 aliphatic rings. The maximum absolute atomic E-state index is 6.11. The molecule has 2 fully saturated rings. The van der Waals surface area contributed by atoms with Gasteiger partial charge in [-0.05, 0) is 31.1 Å². The first kappa shape index (κ1) is 22.4. The van der Waals surface area contributed by atoms with Crippen LogP contribution < -0.4 is 5.32 Å². The van der Waals surface area contributed by atoms with Gasteiger partial charge >= 0.3 is 0 Å². The van der Waals surface area contributed by atoms with Gasteiger partial charge in [0, 0.05) is 45.1 Å². The van der Waals surface area contributed by atoms with Crippen molar-refractivity contribution in [1.29, 1.82) is 0 Å². The average molecular weight is 490 g/mol. The zero-order chi connectivity index (χ0) is 18.6. The molecule has 2 saturated heterocycles. The topological polar surface area (TPSA) is 78.4 Å². The third kappa shape index (κ3) is 5.79. The first-order chi connectivity index (χ1) is 12.5. The van der Waals surface area contributed by atoms with E-state index in [0.29, 0.717) is 17.9 Å². The molecule has 27 heavy (non-hydrogen) atoms. The van der Waals surface area contributed by atoms with E-state index in [1.165, 1.54) is 6.42 Å². The predicted octanol–water partition coefficient (Wildman–Crippen LogP) is 3.02. The lowest BCUT2D eigenvalue weighted by atomic mass is 9.78. The minimum atomic E-state index is 0. The van der Waals surface area contributed by atoms with Crippen LogP contribution in [-0.4, -0.2) is 65.4 Å². The number of guanidine groups is 1. The summed E-state index contributed by atoms with van der Waals surface area (Å²) in [5, 5.41) is 10.6. The number of halogens is 1. The fraction of sp³-hybridized carbons (Fsp3) is 0.842. The summed E-state index contributed by atoms with van der Waals surface area (Å²) in [7, 11) is 1.88. The smallest absolute Gasteiger partial charge is 0.193 e. The van der Waals surface area contributed by atoms with Crippen LogP contribution in [0.5, 0.6) is 0 Å². The van der Waals surface area contributed by atoms with Gasteiger partial charge in [-0.15, -0.1) is 24.0 Å². The SMILES string of the molecule is CN=C(NCC1CCCOC1C(C)(C)C)N1CCC(c2ncn[nH]2)CC1.I. The number of ether oxygens (including phenoxy) is 1. The number of aromatic nitrogens is 3. The quantitative estimate of drug-likeness (QED) is 0.387. The molecule has 154 valence electrons. The lowest BCUT2D eigenvalue weighted by Gasteiger charge is -2.41. The maximum Gasteiger partial charge on any atom is 0.193 e. The van der Waals surface area contributed by atoms with Crippen LogP contribution in [0.4, 0.5) is 0 Å².